The fourth-order valence-electron chi connectivity index (χ4n) is 2.92. The van der Waals surface area contributed by atoms with E-state index in [0.29, 0.717) is 5.75 Å². The first-order chi connectivity index (χ1) is 14.3. The zero-order valence-electron chi connectivity index (χ0n) is 16.8. The van der Waals surface area contributed by atoms with Crippen molar-refractivity contribution in [2.45, 2.75) is 42.6 Å². The summed E-state index contributed by atoms with van der Waals surface area (Å²) in [5, 5.41) is 20.1. The first-order valence-corrected chi connectivity index (χ1v) is 10.2. The molecule has 0 aliphatic rings. The first-order valence-electron chi connectivity index (χ1n) is 9.36. The molecule has 1 heterocycles. The van der Waals surface area contributed by atoms with E-state index in [1.54, 1.807) is 31.2 Å². The van der Waals surface area contributed by atoms with Crippen LogP contribution in [0, 0.1) is 6.92 Å². The predicted molar refractivity (Wildman–Crippen MR) is 113 cm³/mol. The number of carbonyl (C=O) groups is 1. The van der Waals surface area contributed by atoms with Crippen molar-refractivity contribution in [1.29, 1.82) is 0 Å². The van der Waals surface area contributed by atoms with E-state index in [0.717, 1.165) is 33.9 Å². The predicted octanol–water partition coefficient (Wildman–Crippen LogP) is 5.13. The summed E-state index contributed by atoms with van der Waals surface area (Å²) < 4.78 is 10.8. The summed E-state index contributed by atoms with van der Waals surface area (Å²) in [4.78, 5) is 25.2. The molecule has 1 atom stereocenters. The van der Waals surface area contributed by atoms with Crippen LogP contribution in [0.25, 0.3) is 0 Å². The maximum Gasteiger partial charge on any atom is 0.354 e. The van der Waals surface area contributed by atoms with Gasteiger partial charge in [0.1, 0.15) is 16.4 Å². The van der Waals surface area contributed by atoms with Crippen molar-refractivity contribution < 1.29 is 24.2 Å². The van der Waals surface area contributed by atoms with Crippen molar-refractivity contribution >= 4 is 17.7 Å². The molecule has 2 aromatic carbocycles. The van der Waals surface area contributed by atoms with E-state index in [2.05, 4.69) is 0 Å². The lowest BCUT2D eigenvalue weighted by Crippen LogP contribution is -2.20. The number of rotatable bonds is 7. The Kier molecular flexibility index (Phi) is 6.52. The van der Waals surface area contributed by atoms with E-state index in [9.17, 15) is 19.8 Å². The standard InChI is InChI=1S/C23H22O6S/c1-13(2)15-9-5-7-11-19(15)30-21-16(24)12-18(29-23(21)27)20(22(25)26)28-17-10-6-4-8-14(17)3/h4-13,20,24H,1-3H3,(H,25,26). The topological polar surface area (TPSA) is 97.0 Å². The number of ether oxygens (including phenoxy) is 1. The third kappa shape index (κ3) is 4.68. The van der Waals surface area contributed by atoms with Gasteiger partial charge in [-0.1, -0.05) is 62.0 Å². The number of aliphatic carboxylic acids is 1. The van der Waals surface area contributed by atoms with Crippen LogP contribution in [-0.2, 0) is 4.79 Å². The zero-order valence-corrected chi connectivity index (χ0v) is 17.6. The minimum absolute atomic E-state index is 0.00752. The maximum absolute atomic E-state index is 12.6. The van der Waals surface area contributed by atoms with Crippen molar-refractivity contribution in [1.82, 2.24) is 0 Å². The summed E-state index contributed by atoms with van der Waals surface area (Å²) in [7, 11) is 0. The number of benzene rings is 2. The van der Waals surface area contributed by atoms with Gasteiger partial charge in [0.15, 0.2) is 5.76 Å². The molecule has 0 aliphatic heterocycles. The highest BCUT2D eigenvalue weighted by atomic mass is 32.2. The smallest absolute Gasteiger partial charge is 0.354 e. The van der Waals surface area contributed by atoms with Gasteiger partial charge in [0.2, 0.25) is 0 Å². The molecule has 6 nitrogen and oxygen atoms in total. The van der Waals surface area contributed by atoms with Crippen molar-refractivity contribution in [3.63, 3.8) is 0 Å². The van der Waals surface area contributed by atoms with Crippen LogP contribution in [0.4, 0.5) is 0 Å². The molecule has 7 heteroatoms. The molecule has 0 saturated carbocycles. The highest BCUT2D eigenvalue weighted by Crippen LogP contribution is 2.37. The molecule has 0 bridgehead atoms. The Morgan fingerprint density at radius 1 is 1.10 bits per heavy atom. The van der Waals surface area contributed by atoms with Crippen LogP contribution in [0.15, 0.2) is 73.6 Å². The Balaban J connectivity index is 1.96. The highest BCUT2D eigenvalue weighted by molar-refractivity contribution is 7.99. The van der Waals surface area contributed by atoms with Crippen LogP contribution in [0.5, 0.6) is 11.5 Å². The van der Waals surface area contributed by atoms with Gasteiger partial charge in [0, 0.05) is 11.0 Å². The van der Waals surface area contributed by atoms with Crippen LogP contribution >= 0.6 is 11.8 Å². The lowest BCUT2D eigenvalue weighted by molar-refractivity contribution is -0.146. The molecule has 0 fully saturated rings. The van der Waals surface area contributed by atoms with Crippen LogP contribution < -0.4 is 10.4 Å². The van der Waals surface area contributed by atoms with Gasteiger partial charge in [-0.15, -0.1) is 0 Å². The van der Waals surface area contributed by atoms with Gasteiger partial charge in [0.05, 0.1) is 0 Å². The first kappa shape index (κ1) is 21.5. The van der Waals surface area contributed by atoms with Gasteiger partial charge in [-0.3, -0.25) is 0 Å². The zero-order chi connectivity index (χ0) is 21.8. The summed E-state index contributed by atoms with van der Waals surface area (Å²) in [6.45, 7) is 5.84. The Morgan fingerprint density at radius 3 is 2.40 bits per heavy atom. The van der Waals surface area contributed by atoms with Gasteiger partial charge in [-0.25, -0.2) is 9.59 Å². The van der Waals surface area contributed by atoms with Gasteiger partial charge in [-0.2, -0.15) is 0 Å². The fraction of sp³-hybridized carbons (Fsp3) is 0.217. The maximum atomic E-state index is 12.6. The van der Waals surface area contributed by atoms with E-state index in [4.69, 9.17) is 9.15 Å². The molecular formula is C23H22O6S. The van der Waals surface area contributed by atoms with Crippen LogP contribution in [-0.4, -0.2) is 16.2 Å². The third-order valence-electron chi connectivity index (χ3n) is 4.48. The molecular weight excluding hydrogens is 404 g/mol. The quantitative estimate of drug-likeness (QED) is 0.540. The van der Waals surface area contributed by atoms with E-state index >= 15 is 0 Å². The highest BCUT2D eigenvalue weighted by Gasteiger charge is 2.28. The monoisotopic (exact) mass is 426 g/mol. The van der Waals surface area contributed by atoms with Gasteiger partial charge < -0.3 is 19.4 Å². The van der Waals surface area contributed by atoms with Crippen molar-refractivity contribution in [3.8, 4) is 11.5 Å². The molecule has 0 radical (unpaired) electrons. The number of carboxylic acid groups (broad SMARTS) is 1. The number of aryl methyl sites for hydroxylation is 1. The van der Waals surface area contributed by atoms with Crippen LogP contribution in [0.2, 0.25) is 0 Å². The molecule has 0 spiro atoms. The normalized spacial score (nSPS) is 12.0. The van der Waals surface area contributed by atoms with Gasteiger partial charge in [0.25, 0.3) is 6.10 Å². The molecule has 3 aromatic rings. The molecule has 3 rings (SSSR count). The molecule has 0 aliphatic carbocycles. The van der Waals surface area contributed by atoms with E-state index in [1.807, 2.05) is 38.1 Å². The minimum atomic E-state index is -1.58. The molecule has 156 valence electrons. The van der Waals surface area contributed by atoms with Crippen molar-refractivity contribution in [2.24, 2.45) is 0 Å². The Bertz CT molecular complexity index is 1120. The van der Waals surface area contributed by atoms with Crippen molar-refractivity contribution in [2.75, 3.05) is 0 Å². The van der Waals surface area contributed by atoms with Crippen LogP contribution in [0.3, 0.4) is 0 Å². The summed E-state index contributed by atoms with van der Waals surface area (Å²) in [5.74, 6) is -1.41. The number of hydrogen-bond acceptors (Lipinski definition) is 6. The fourth-order valence-corrected chi connectivity index (χ4v) is 3.99. The van der Waals surface area contributed by atoms with Crippen LogP contribution in [0.1, 0.15) is 42.8 Å². The SMILES string of the molecule is Cc1ccccc1OC(C(=O)O)c1cc(O)c(Sc2ccccc2C(C)C)c(=O)o1. The Morgan fingerprint density at radius 2 is 1.77 bits per heavy atom. The Hall–Kier alpha value is -3.19. The Labute approximate surface area is 178 Å². The van der Waals surface area contributed by atoms with Crippen molar-refractivity contribution in [3.05, 3.63) is 81.9 Å². The molecule has 30 heavy (non-hydrogen) atoms. The van der Waals surface area contributed by atoms with Gasteiger partial charge in [-0.05, 0) is 36.1 Å². The van der Waals surface area contributed by atoms with E-state index in [1.165, 1.54) is 0 Å². The second-order valence-electron chi connectivity index (χ2n) is 7.05. The summed E-state index contributed by atoms with van der Waals surface area (Å²) in [6.07, 6.45) is -1.58. The number of hydrogen-bond donors (Lipinski definition) is 2. The lowest BCUT2D eigenvalue weighted by atomic mass is 10.0. The number of para-hydroxylation sites is 1. The largest absolute Gasteiger partial charge is 0.506 e. The molecule has 1 aromatic heterocycles. The second kappa shape index (κ2) is 9.09. The van der Waals surface area contributed by atoms with Gasteiger partial charge >= 0.3 is 11.6 Å². The van der Waals surface area contributed by atoms with E-state index in [-0.39, 0.29) is 22.3 Å². The second-order valence-corrected chi connectivity index (χ2v) is 8.10. The molecule has 2 N–H and O–H groups in total. The molecule has 0 saturated heterocycles. The number of aromatic hydroxyl groups is 1. The molecule has 0 amide bonds. The average molecular weight is 426 g/mol. The minimum Gasteiger partial charge on any atom is -0.506 e. The summed E-state index contributed by atoms with van der Waals surface area (Å²) >= 11 is 1.09. The summed E-state index contributed by atoms with van der Waals surface area (Å²) in [5.41, 5.74) is 0.928. The summed E-state index contributed by atoms with van der Waals surface area (Å²) in [6, 6.07) is 15.6. The molecule has 1 unspecified atom stereocenters. The lowest BCUT2D eigenvalue weighted by Gasteiger charge is -2.16. The number of carboxylic acids is 1. The van der Waals surface area contributed by atoms with E-state index < -0.39 is 17.7 Å². The average Bonchev–Trinajstić information content (AvgIpc) is 2.70. The third-order valence-corrected chi connectivity index (χ3v) is 5.65.